The van der Waals surface area contributed by atoms with Gasteiger partial charge in [0, 0.05) is 12.5 Å². The smallest absolute Gasteiger partial charge is 0.151 e. The Balaban J connectivity index is 2.16. The third-order valence-electron chi connectivity index (χ3n) is 3.48. The van der Waals surface area contributed by atoms with Crippen LogP contribution in [0.3, 0.4) is 0 Å². The van der Waals surface area contributed by atoms with E-state index in [2.05, 4.69) is 5.10 Å². The molecule has 1 aliphatic heterocycles. The largest absolute Gasteiger partial charge is 0.299 e. The van der Waals surface area contributed by atoms with Crippen molar-refractivity contribution in [1.29, 1.82) is 0 Å². The Morgan fingerprint density at radius 2 is 2.21 bits per heavy atom. The minimum atomic E-state index is -3.03. The zero-order chi connectivity index (χ0) is 14.2. The van der Waals surface area contributed by atoms with E-state index < -0.39 is 9.84 Å². The standard InChI is InChI=1S/C12H17ClN2O3S/c1-3-15-10(12(13)8(2)14-15)6-11(16)9-4-5-19(17,18)7-9/h9H,3-7H2,1-2H3. The Morgan fingerprint density at radius 1 is 1.53 bits per heavy atom. The van der Waals surface area contributed by atoms with Gasteiger partial charge in [-0.25, -0.2) is 8.42 Å². The van der Waals surface area contributed by atoms with Crippen LogP contribution in [0.5, 0.6) is 0 Å². The summed E-state index contributed by atoms with van der Waals surface area (Å²) >= 11 is 6.15. The van der Waals surface area contributed by atoms with E-state index in [1.807, 2.05) is 6.92 Å². The van der Waals surface area contributed by atoms with Crippen LogP contribution >= 0.6 is 11.6 Å². The molecular formula is C12H17ClN2O3S. The zero-order valence-corrected chi connectivity index (χ0v) is 12.6. The van der Waals surface area contributed by atoms with Crippen LogP contribution in [0.4, 0.5) is 0 Å². The topological polar surface area (TPSA) is 69.0 Å². The van der Waals surface area contributed by atoms with Crippen LogP contribution in [0.2, 0.25) is 5.02 Å². The highest BCUT2D eigenvalue weighted by Crippen LogP contribution is 2.25. The molecule has 19 heavy (non-hydrogen) atoms. The number of sulfone groups is 1. The number of aromatic nitrogens is 2. The van der Waals surface area contributed by atoms with Crippen molar-refractivity contribution < 1.29 is 13.2 Å². The van der Waals surface area contributed by atoms with E-state index in [1.54, 1.807) is 11.6 Å². The summed E-state index contributed by atoms with van der Waals surface area (Å²) in [6.07, 6.45) is 0.589. The van der Waals surface area contributed by atoms with E-state index in [0.717, 1.165) is 0 Å². The predicted molar refractivity (Wildman–Crippen MR) is 73.1 cm³/mol. The number of rotatable bonds is 4. The first kappa shape index (κ1) is 14.5. The van der Waals surface area contributed by atoms with E-state index in [1.165, 1.54) is 0 Å². The van der Waals surface area contributed by atoms with Crippen molar-refractivity contribution in [2.45, 2.75) is 33.2 Å². The number of hydrogen-bond donors (Lipinski definition) is 0. The number of nitrogens with zero attached hydrogens (tertiary/aromatic N) is 2. The highest BCUT2D eigenvalue weighted by molar-refractivity contribution is 7.91. The van der Waals surface area contributed by atoms with Gasteiger partial charge in [-0.2, -0.15) is 5.10 Å². The fraction of sp³-hybridized carbons (Fsp3) is 0.667. The molecule has 1 aliphatic rings. The second-order valence-electron chi connectivity index (χ2n) is 4.90. The first-order valence-corrected chi connectivity index (χ1v) is 8.49. The first-order chi connectivity index (χ1) is 8.84. The van der Waals surface area contributed by atoms with Crippen molar-refractivity contribution in [1.82, 2.24) is 9.78 Å². The number of ketones is 1. The Morgan fingerprint density at radius 3 is 2.74 bits per heavy atom. The fourth-order valence-corrected chi connectivity index (χ4v) is 4.37. The molecule has 1 unspecified atom stereocenters. The molecule has 2 heterocycles. The van der Waals surface area contributed by atoms with Crippen molar-refractivity contribution in [3.63, 3.8) is 0 Å². The molecule has 1 atom stereocenters. The molecule has 2 rings (SSSR count). The average molecular weight is 305 g/mol. The van der Waals surface area contributed by atoms with Gasteiger partial charge in [-0.05, 0) is 20.3 Å². The first-order valence-electron chi connectivity index (χ1n) is 6.29. The van der Waals surface area contributed by atoms with E-state index in [4.69, 9.17) is 11.6 Å². The van der Waals surface area contributed by atoms with E-state index in [-0.39, 0.29) is 29.6 Å². The van der Waals surface area contributed by atoms with E-state index in [9.17, 15) is 13.2 Å². The molecule has 0 saturated carbocycles. The third kappa shape index (κ3) is 3.00. The van der Waals surface area contributed by atoms with Crippen molar-refractivity contribution in [3.05, 3.63) is 16.4 Å². The van der Waals surface area contributed by atoms with Crippen LogP contribution in [0.15, 0.2) is 0 Å². The lowest BCUT2D eigenvalue weighted by molar-refractivity contribution is -0.121. The lowest BCUT2D eigenvalue weighted by Gasteiger charge is -2.08. The van der Waals surface area contributed by atoms with Gasteiger partial charge < -0.3 is 0 Å². The van der Waals surface area contributed by atoms with Crippen molar-refractivity contribution >= 4 is 27.2 Å². The summed E-state index contributed by atoms with van der Waals surface area (Å²) < 4.78 is 24.5. The van der Waals surface area contributed by atoms with Crippen LogP contribution in [0.1, 0.15) is 24.7 Å². The van der Waals surface area contributed by atoms with E-state index in [0.29, 0.717) is 29.4 Å². The number of carbonyl (C=O) groups is 1. The molecule has 7 heteroatoms. The molecule has 1 aromatic heterocycles. The number of hydrogen-bond acceptors (Lipinski definition) is 4. The number of carbonyl (C=O) groups excluding carboxylic acids is 1. The van der Waals surface area contributed by atoms with Crippen molar-refractivity contribution in [2.24, 2.45) is 5.92 Å². The van der Waals surface area contributed by atoms with Gasteiger partial charge in [-0.1, -0.05) is 11.6 Å². The van der Waals surface area contributed by atoms with Gasteiger partial charge in [0.2, 0.25) is 0 Å². The molecule has 1 fully saturated rings. The van der Waals surface area contributed by atoms with E-state index >= 15 is 0 Å². The summed E-state index contributed by atoms with van der Waals surface area (Å²) in [6.45, 7) is 4.36. The molecule has 1 aromatic rings. The summed E-state index contributed by atoms with van der Waals surface area (Å²) in [6, 6.07) is 0. The Kier molecular flexibility index (Phi) is 4.01. The number of aryl methyl sites for hydroxylation is 2. The van der Waals surface area contributed by atoms with Crippen LogP contribution < -0.4 is 0 Å². The molecule has 1 saturated heterocycles. The summed E-state index contributed by atoms with van der Waals surface area (Å²) in [5.41, 5.74) is 1.39. The molecule has 0 N–H and O–H groups in total. The SMILES string of the molecule is CCn1nc(C)c(Cl)c1CC(=O)C1CCS(=O)(=O)C1. The minimum absolute atomic E-state index is 0.0251. The lowest BCUT2D eigenvalue weighted by atomic mass is 10.00. The van der Waals surface area contributed by atoms with Crippen LogP contribution in [0.25, 0.3) is 0 Å². The van der Waals surface area contributed by atoms with Crippen LogP contribution in [-0.4, -0.2) is 35.5 Å². The number of halogens is 1. The number of Topliss-reactive ketones (excluding diaryl/α,β-unsaturated/α-hetero) is 1. The monoisotopic (exact) mass is 304 g/mol. The normalized spacial score (nSPS) is 21.7. The second kappa shape index (κ2) is 5.25. The Labute approximate surface area is 117 Å². The lowest BCUT2D eigenvalue weighted by Crippen LogP contribution is -2.20. The molecule has 0 amide bonds. The predicted octanol–water partition coefficient (Wildman–Crippen LogP) is 1.41. The van der Waals surface area contributed by atoms with Gasteiger partial charge in [0.05, 0.1) is 34.3 Å². The molecule has 0 aliphatic carbocycles. The van der Waals surface area contributed by atoms with Gasteiger partial charge in [0.1, 0.15) is 5.78 Å². The molecule has 0 aromatic carbocycles. The summed E-state index contributed by atoms with van der Waals surface area (Å²) in [4.78, 5) is 12.2. The molecular weight excluding hydrogens is 288 g/mol. The quantitative estimate of drug-likeness (QED) is 0.843. The Bertz CT molecular complexity index is 607. The van der Waals surface area contributed by atoms with Gasteiger partial charge in [-0.15, -0.1) is 0 Å². The van der Waals surface area contributed by atoms with Crippen molar-refractivity contribution in [2.75, 3.05) is 11.5 Å². The maximum atomic E-state index is 12.2. The summed E-state index contributed by atoms with van der Waals surface area (Å²) in [5, 5.41) is 4.76. The highest BCUT2D eigenvalue weighted by atomic mass is 35.5. The molecule has 5 nitrogen and oxygen atoms in total. The molecule has 0 radical (unpaired) electrons. The van der Waals surface area contributed by atoms with Gasteiger partial charge >= 0.3 is 0 Å². The van der Waals surface area contributed by atoms with Crippen molar-refractivity contribution in [3.8, 4) is 0 Å². The maximum absolute atomic E-state index is 12.2. The summed E-state index contributed by atoms with van der Waals surface area (Å²) in [7, 11) is -3.03. The molecule has 106 valence electrons. The van der Waals surface area contributed by atoms with Gasteiger partial charge in [0.15, 0.2) is 9.84 Å². The zero-order valence-electron chi connectivity index (χ0n) is 11.0. The maximum Gasteiger partial charge on any atom is 0.151 e. The molecule has 0 spiro atoms. The second-order valence-corrected chi connectivity index (χ2v) is 7.51. The van der Waals surface area contributed by atoms with Gasteiger partial charge in [-0.3, -0.25) is 9.48 Å². The molecule has 0 bridgehead atoms. The fourth-order valence-electron chi connectivity index (χ4n) is 2.40. The average Bonchev–Trinajstić information content (AvgIpc) is 2.83. The summed E-state index contributed by atoms with van der Waals surface area (Å²) in [5.74, 6) is -0.356. The third-order valence-corrected chi connectivity index (χ3v) is 5.74. The Hall–Kier alpha value is -0.880. The highest BCUT2D eigenvalue weighted by Gasteiger charge is 2.33. The van der Waals surface area contributed by atoms with Crippen LogP contribution in [0, 0.1) is 12.8 Å². The minimum Gasteiger partial charge on any atom is -0.299 e. The van der Waals surface area contributed by atoms with Crippen LogP contribution in [-0.2, 0) is 27.6 Å². The van der Waals surface area contributed by atoms with Gasteiger partial charge in [0.25, 0.3) is 0 Å².